The van der Waals surface area contributed by atoms with Crippen molar-refractivity contribution in [1.29, 1.82) is 0 Å². The van der Waals surface area contributed by atoms with E-state index in [0.717, 1.165) is 8.95 Å². The highest BCUT2D eigenvalue weighted by atomic mass is 79.9. The van der Waals surface area contributed by atoms with Crippen molar-refractivity contribution in [3.8, 4) is 5.75 Å². The zero-order valence-corrected chi connectivity index (χ0v) is 17.6. The van der Waals surface area contributed by atoms with E-state index in [9.17, 15) is 9.59 Å². The van der Waals surface area contributed by atoms with Crippen LogP contribution in [-0.4, -0.2) is 18.1 Å². The quantitative estimate of drug-likeness (QED) is 0.226. The van der Waals surface area contributed by atoms with Gasteiger partial charge in [-0.1, -0.05) is 56.1 Å². The second-order valence-electron chi connectivity index (χ2n) is 5.65. The third-order valence-electron chi connectivity index (χ3n) is 3.64. The molecule has 0 aliphatic heterocycles. The fourth-order valence-corrected chi connectivity index (χ4v) is 3.08. The first-order valence-corrected chi connectivity index (χ1v) is 9.77. The summed E-state index contributed by atoms with van der Waals surface area (Å²) in [6.07, 6.45) is 1.42. The first-order chi connectivity index (χ1) is 13.5. The van der Waals surface area contributed by atoms with E-state index in [-0.39, 0.29) is 5.91 Å². The van der Waals surface area contributed by atoms with Gasteiger partial charge in [-0.25, -0.2) is 10.2 Å². The maximum Gasteiger partial charge on any atom is 0.343 e. The van der Waals surface area contributed by atoms with Crippen LogP contribution in [0.2, 0.25) is 0 Å². The summed E-state index contributed by atoms with van der Waals surface area (Å²) in [6, 6.07) is 20.8. The Bertz CT molecular complexity index is 1040. The molecule has 3 aromatic rings. The van der Waals surface area contributed by atoms with E-state index in [1.165, 1.54) is 6.21 Å². The normalized spacial score (nSPS) is 10.6. The molecule has 28 heavy (non-hydrogen) atoms. The number of carbonyl (C=O) groups is 2. The summed E-state index contributed by atoms with van der Waals surface area (Å²) in [6.45, 7) is 0. The molecular formula is C21H14Br2N2O3. The third kappa shape index (κ3) is 5.37. The maximum atomic E-state index is 12.3. The van der Waals surface area contributed by atoms with Crippen LogP contribution in [0.3, 0.4) is 0 Å². The second kappa shape index (κ2) is 9.43. The van der Waals surface area contributed by atoms with Crippen molar-refractivity contribution < 1.29 is 14.3 Å². The molecule has 0 atom stereocenters. The summed E-state index contributed by atoms with van der Waals surface area (Å²) >= 11 is 6.70. The lowest BCUT2D eigenvalue weighted by atomic mass is 10.2. The average Bonchev–Trinajstić information content (AvgIpc) is 2.70. The van der Waals surface area contributed by atoms with Crippen LogP contribution in [0.5, 0.6) is 5.75 Å². The van der Waals surface area contributed by atoms with Gasteiger partial charge in [-0.3, -0.25) is 4.79 Å². The number of hydrazone groups is 1. The third-order valence-corrected chi connectivity index (χ3v) is 4.63. The van der Waals surface area contributed by atoms with E-state index in [0.29, 0.717) is 22.4 Å². The first kappa shape index (κ1) is 20.0. The Kier molecular flexibility index (Phi) is 6.73. The van der Waals surface area contributed by atoms with E-state index in [1.54, 1.807) is 60.7 Å². The van der Waals surface area contributed by atoms with E-state index in [4.69, 9.17) is 4.74 Å². The molecule has 0 fully saturated rings. The van der Waals surface area contributed by atoms with Gasteiger partial charge in [0, 0.05) is 20.1 Å². The van der Waals surface area contributed by atoms with Crippen LogP contribution in [0.1, 0.15) is 26.3 Å². The predicted octanol–water partition coefficient (Wildman–Crippen LogP) is 5.19. The average molecular weight is 502 g/mol. The molecule has 0 saturated heterocycles. The molecule has 1 N–H and O–H groups in total. The van der Waals surface area contributed by atoms with Gasteiger partial charge in [0.15, 0.2) is 0 Å². The fourth-order valence-electron chi connectivity index (χ4n) is 2.30. The van der Waals surface area contributed by atoms with Crippen LogP contribution in [0.25, 0.3) is 0 Å². The molecule has 0 aromatic heterocycles. The molecule has 0 aliphatic rings. The van der Waals surface area contributed by atoms with Crippen LogP contribution in [0.15, 0.2) is 86.8 Å². The molecule has 0 unspecified atom stereocenters. The predicted molar refractivity (Wildman–Crippen MR) is 115 cm³/mol. The van der Waals surface area contributed by atoms with Crippen LogP contribution in [-0.2, 0) is 0 Å². The summed E-state index contributed by atoms with van der Waals surface area (Å²) in [5.74, 6) is -0.497. The van der Waals surface area contributed by atoms with Gasteiger partial charge in [0.1, 0.15) is 5.75 Å². The molecule has 0 saturated carbocycles. The van der Waals surface area contributed by atoms with Gasteiger partial charge in [-0.05, 0) is 48.5 Å². The van der Waals surface area contributed by atoms with Crippen molar-refractivity contribution >= 4 is 50.0 Å². The van der Waals surface area contributed by atoms with Gasteiger partial charge in [-0.15, -0.1) is 0 Å². The second-order valence-corrected chi connectivity index (χ2v) is 7.48. The lowest BCUT2D eigenvalue weighted by molar-refractivity contribution is 0.0734. The Balaban J connectivity index is 1.74. The smallest absolute Gasteiger partial charge is 0.343 e. The van der Waals surface area contributed by atoms with Crippen molar-refractivity contribution in [3.05, 3.63) is 98.4 Å². The molecule has 0 radical (unpaired) electrons. The Hall–Kier alpha value is -2.77. The van der Waals surface area contributed by atoms with Crippen molar-refractivity contribution in [1.82, 2.24) is 5.43 Å². The van der Waals surface area contributed by atoms with Crippen LogP contribution in [0, 0.1) is 0 Å². The number of hydrogen-bond donors (Lipinski definition) is 1. The number of nitrogens with zero attached hydrogens (tertiary/aromatic N) is 1. The zero-order chi connectivity index (χ0) is 19.9. The Morgan fingerprint density at radius 3 is 2.32 bits per heavy atom. The highest BCUT2D eigenvalue weighted by Gasteiger charge is 2.11. The van der Waals surface area contributed by atoms with E-state index >= 15 is 0 Å². The highest BCUT2D eigenvalue weighted by Crippen LogP contribution is 2.23. The van der Waals surface area contributed by atoms with Gasteiger partial charge >= 0.3 is 5.97 Å². The Morgan fingerprint density at radius 1 is 0.857 bits per heavy atom. The largest absolute Gasteiger partial charge is 0.422 e. The number of halogens is 2. The van der Waals surface area contributed by atoms with Gasteiger partial charge < -0.3 is 4.74 Å². The Labute approximate surface area is 178 Å². The van der Waals surface area contributed by atoms with Crippen molar-refractivity contribution in [2.75, 3.05) is 0 Å². The molecule has 3 aromatic carbocycles. The Morgan fingerprint density at radius 2 is 1.57 bits per heavy atom. The fraction of sp³-hybridized carbons (Fsp3) is 0. The number of hydrogen-bond acceptors (Lipinski definition) is 4. The van der Waals surface area contributed by atoms with Gasteiger partial charge in [0.25, 0.3) is 5.91 Å². The van der Waals surface area contributed by atoms with E-state index in [2.05, 4.69) is 42.4 Å². The summed E-state index contributed by atoms with van der Waals surface area (Å²) in [7, 11) is 0. The molecule has 5 nitrogen and oxygen atoms in total. The monoisotopic (exact) mass is 500 g/mol. The lowest BCUT2D eigenvalue weighted by Gasteiger charge is -2.08. The topological polar surface area (TPSA) is 67.8 Å². The number of carbonyl (C=O) groups excluding carboxylic acids is 2. The van der Waals surface area contributed by atoms with Crippen molar-refractivity contribution in [3.63, 3.8) is 0 Å². The maximum absolute atomic E-state index is 12.3. The molecular weight excluding hydrogens is 488 g/mol. The summed E-state index contributed by atoms with van der Waals surface area (Å²) in [4.78, 5) is 24.5. The first-order valence-electron chi connectivity index (χ1n) is 8.19. The molecule has 0 heterocycles. The van der Waals surface area contributed by atoms with Crippen LogP contribution >= 0.6 is 31.9 Å². The molecule has 0 spiro atoms. The van der Waals surface area contributed by atoms with Crippen molar-refractivity contribution in [2.24, 2.45) is 5.10 Å². The minimum atomic E-state index is -0.476. The zero-order valence-electron chi connectivity index (χ0n) is 14.4. The number of benzene rings is 3. The number of nitrogens with one attached hydrogen (secondary N) is 1. The van der Waals surface area contributed by atoms with Crippen molar-refractivity contribution in [2.45, 2.75) is 0 Å². The van der Waals surface area contributed by atoms with Crippen LogP contribution < -0.4 is 10.2 Å². The minimum absolute atomic E-state index is 0.331. The SMILES string of the molecule is O=C(N/N=C/c1cc(Br)ccc1OC(=O)c1ccccc1)c1cccc(Br)c1. The van der Waals surface area contributed by atoms with Crippen LogP contribution in [0.4, 0.5) is 0 Å². The molecule has 7 heteroatoms. The number of amides is 1. The standard InChI is InChI=1S/C21H14Br2N2O3/c22-17-8-4-7-15(11-17)20(26)25-24-13-16-12-18(23)9-10-19(16)28-21(27)14-5-2-1-3-6-14/h1-13H,(H,25,26)/b24-13+. The van der Waals surface area contributed by atoms with E-state index < -0.39 is 5.97 Å². The number of esters is 1. The highest BCUT2D eigenvalue weighted by molar-refractivity contribution is 9.10. The van der Waals surface area contributed by atoms with Gasteiger partial charge in [0.05, 0.1) is 11.8 Å². The number of rotatable bonds is 5. The summed E-state index contributed by atoms with van der Waals surface area (Å²) < 4.78 is 7.06. The summed E-state index contributed by atoms with van der Waals surface area (Å²) in [5, 5.41) is 3.98. The van der Waals surface area contributed by atoms with Gasteiger partial charge in [-0.2, -0.15) is 5.10 Å². The molecule has 1 amide bonds. The summed E-state index contributed by atoms with van der Waals surface area (Å²) in [5.41, 5.74) is 3.91. The molecule has 140 valence electrons. The lowest BCUT2D eigenvalue weighted by Crippen LogP contribution is -2.17. The van der Waals surface area contributed by atoms with E-state index in [1.807, 2.05) is 12.1 Å². The van der Waals surface area contributed by atoms with Gasteiger partial charge in [0.2, 0.25) is 0 Å². The molecule has 0 bridgehead atoms. The molecule has 3 rings (SSSR count). The minimum Gasteiger partial charge on any atom is -0.422 e. The number of ether oxygens (including phenoxy) is 1. The molecule has 0 aliphatic carbocycles.